The molecule has 10 heteroatoms. The fraction of sp³-hybridized carbons (Fsp3) is 0.259. The van der Waals surface area contributed by atoms with Crippen molar-refractivity contribution in [3.8, 4) is 0 Å². The number of unbranched alkanes of at least 4 members (excludes halogenated alkanes) is 1. The standard InChI is InChI=1S/C27H27N7O3/c1-6-7-14-34(26(35)19-10-8-9-11-20(19)27(36)37)18-12-13-23-21(15-18)24(17(2)32(23)4)30-31-25-22(28-3)16-29-33(25)5/h8-13,15-16H,6-7,14H2,1-2,4-5H3,(H,36,37). The highest BCUT2D eigenvalue weighted by Crippen LogP contribution is 2.37. The Labute approximate surface area is 214 Å². The van der Waals surface area contributed by atoms with Gasteiger partial charge in [-0.15, -0.1) is 10.2 Å². The van der Waals surface area contributed by atoms with Crippen molar-refractivity contribution in [3.63, 3.8) is 0 Å². The van der Waals surface area contributed by atoms with E-state index in [4.69, 9.17) is 6.57 Å². The van der Waals surface area contributed by atoms with Gasteiger partial charge < -0.3 is 14.6 Å². The van der Waals surface area contributed by atoms with E-state index in [2.05, 4.69) is 20.2 Å². The van der Waals surface area contributed by atoms with Gasteiger partial charge in [-0.1, -0.05) is 25.5 Å². The Hall–Kier alpha value is -4.78. The van der Waals surface area contributed by atoms with Crippen LogP contribution in [0.5, 0.6) is 0 Å². The molecule has 0 bridgehead atoms. The molecule has 0 fully saturated rings. The molecule has 0 radical (unpaired) electrons. The first kappa shape index (κ1) is 25.3. The zero-order valence-electron chi connectivity index (χ0n) is 21.1. The first-order valence-corrected chi connectivity index (χ1v) is 11.8. The van der Waals surface area contributed by atoms with Crippen LogP contribution in [0.2, 0.25) is 0 Å². The van der Waals surface area contributed by atoms with E-state index in [0.717, 1.165) is 29.4 Å². The molecular formula is C27H27N7O3. The molecule has 0 unspecified atom stereocenters. The van der Waals surface area contributed by atoms with Gasteiger partial charge in [0.2, 0.25) is 0 Å². The third-order valence-electron chi connectivity index (χ3n) is 6.38. The number of carboxylic acid groups (broad SMARTS) is 1. The smallest absolute Gasteiger partial charge is 0.336 e. The lowest BCUT2D eigenvalue weighted by Gasteiger charge is -2.24. The van der Waals surface area contributed by atoms with Crippen LogP contribution in [-0.2, 0) is 14.1 Å². The van der Waals surface area contributed by atoms with Crippen molar-refractivity contribution in [1.82, 2.24) is 14.3 Å². The number of anilines is 1. The van der Waals surface area contributed by atoms with E-state index in [-0.39, 0.29) is 17.0 Å². The molecule has 4 aromatic rings. The zero-order valence-corrected chi connectivity index (χ0v) is 21.1. The van der Waals surface area contributed by atoms with E-state index >= 15 is 0 Å². The highest BCUT2D eigenvalue weighted by molar-refractivity contribution is 6.12. The molecular weight excluding hydrogens is 470 g/mol. The molecule has 37 heavy (non-hydrogen) atoms. The van der Waals surface area contributed by atoms with Crippen LogP contribution in [0.25, 0.3) is 15.7 Å². The lowest BCUT2D eigenvalue weighted by molar-refractivity contribution is 0.0692. The summed E-state index contributed by atoms with van der Waals surface area (Å²) in [5, 5.41) is 23.3. The van der Waals surface area contributed by atoms with Gasteiger partial charge in [-0.25, -0.2) is 9.64 Å². The van der Waals surface area contributed by atoms with Crippen molar-refractivity contribution in [2.75, 3.05) is 11.4 Å². The molecule has 0 saturated heterocycles. The topological polar surface area (TPSA) is 109 Å². The van der Waals surface area contributed by atoms with Crippen molar-refractivity contribution in [3.05, 3.63) is 76.9 Å². The lowest BCUT2D eigenvalue weighted by atomic mass is 10.1. The van der Waals surface area contributed by atoms with Crippen molar-refractivity contribution in [2.24, 2.45) is 24.3 Å². The number of fused-ring (bicyclic) bond motifs is 1. The summed E-state index contributed by atoms with van der Waals surface area (Å²) in [6.45, 7) is 11.7. The molecule has 2 heterocycles. The minimum Gasteiger partial charge on any atom is -0.478 e. The van der Waals surface area contributed by atoms with Gasteiger partial charge in [-0.2, -0.15) is 5.10 Å². The number of aromatic nitrogens is 3. The number of carboxylic acids is 1. The molecule has 0 atom stereocenters. The number of azo groups is 1. The molecule has 0 saturated carbocycles. The van der Waals surface area contributed by atoms with E-state index < -0.39 is 5.97 Å². The first-order valence-electron chi connectivity index (χ1n) is 11.8. The fourth-order valence-electron chi connectivity index (χ4n) is 4.21. The number of amides is 1. The Bertz CT molecular complexity index is 1570. The van der Waals surface area contributed by atoms with Crippen LogP contribution in [-0.4, -0.2) is 37.9 Å². The Kier molecular flexibility index (Phi) is 7.15. The molecule has 2 aromatic carbocycles. The van der Waals surface area contributed by atoms with E-state index in [1.807, 2.05) is 43.7 Å². The number of aromatic carboxylic acids is 1. The summed E-state index contributed by atoms with van der Waals surface area (Å²) in [6.07, 6.45) is 3.06. The van der Waals surface area contributed by atoms with Crippen molar-refractivity contribution in [1.29, 1.82) is 0 Å². The molecule has 188 valence electrons. The Balaban J connectivity index is 1.83. The van der Waals surface area contributed by atoms with Crippen molar-refractivity contribution >= 4 is 45.7 Å². The largest absolute Gasteiger partial charge is 0.478 e. The molecule has 1 N–H and O–H groups in total. The van der Waals surface area contributed by atoms with Gasteiger partial charge in [0.25, 0.3) is 11.6 Å². The van der Waals surface area contributed by atoms with Crippen LogP contribution in [0, 0.1) is 13.5 Å². The number of hydrogen-bond donors (Lipinski definition) is 1. The summed E-state index contributed by atoms with van der Waals surface area (Å²) in [5.74, 6) is -1.17. The fourth-order valence-corrected chi connectivity index (χ4v) is 4.21. The molecule has 0 aliphatic carbocycles. The average molecular weight is 498 g/mol. The minimum atomic E-state index is -1.15. The number of carbonyl (C=O) groups excluding carboxylic acids is 1. The highest BCUT2D eigenvalue weighted by Gasteiger charge is 2.24. The Morgan fingerprint density at radius 1 is 1.14 bits per heavy atom. The Morgan fingerprint density at radius 3 is 2.54 bits per heavy atom. The second kappa shape index (κ2) is 10.5. The average Bonchev–Trinajstić information content (AvgIpc) is 3.38. The van der Waals surface area contributed by atoms with Crippen molar-refractivity contribution in [2.45, 2.75) is 26.7 Å². The van der Waals surface area contributed by atoms with Crippen molar-refractivity contribution < 1.29 is 14.7 Å². The first-order chi connectivity index (χ1) is 17.8. The molecule has 0 aliphatic rings. The maximum Gasteiger partial charge on any atom is 0.336 e. The molecule has 0 spiro atoms. The predicted octanol–water partition coefficient (Wildman–Crippen LogP) is 6.33. The number of aryl methyl sites for hydroxylation is 2. The normalized spacial score (nSPS) is 11.2. The van der Waals surface area contributed by atoms with Crippen LogP contribution in [0.15, 0.2) is 58.9 Å². The number of carbonyl (C=O) groups is 2. The summed E-state index contributed by atoms with van der Waals surface area (Å²) in [5.41, 5.74) is 3.42. The van der Waals surface area contributed by atoms with Gasteiger partial charge in [0.15, 0.2) is 5.82 Å². The molecule has 0 aliphatic heterocycles. The third-order valence-corrected chi connectivity index (χ3v) is 6.38. The van der Waals surface area contributed by atoms with Crippen LogP contribution in [0.1, 0.15) is 46.2 Å². The zero-order chi connectivity index (χ0) is 26.7. The number of hydrogen-bond acceptors (Lipinski definition) is 5. The van der Waals surface area contributed by atoms with E-state index in [1.165, 1.54) is 16.9 Å². The second-order valence-corrected chi connectivity index (χ2v) is 8.64. The predicted molar refractivity (Wildman–Crippen MR) is 141 cm³/mol. The molecule has 2 aromatic heterocycles. The third kappa shape index (κ3) is 4.71. The summed E-state index contributed by atoms with van der Waals surface area (Å²) in [4.78, 5) is 30.5. The number of nitrogens with zero attached hydrogens (tertiary/aromatic N) is 7. The summed E-state index contributed by atoms with van der Waals surface area (Å²) in [7, 11) is 3.62. The number of rotatable bonds is 8. The van der Waals surface area contributed by atoms with E-state index in [0.29, 0.717) is 29.4 Å². The number of benzene rings is 2. The van der Waals surface area contributed by atoms with Crippen LogP contribution >= 0.6 is 0 Å². The SMILES string of the molecule is [C-]#[N+]c1cnn(C)c1N=Nc1c(C)n(C)c2ccc(N(CCCC)C(=O)c3ccccc3C(=O)O)cc12. The van der Waals surface area contributed by atoms with Gasteiger partial charge in [0.1, 0.15) is 5.69 Å². The monoisotopic (exact) mass is 497 g/mol. The van der Waals surface area contributed by atoms with E-state index in [9.17, 15) is 14.7 Å². The minimum absolute atomic E-state index is 0.0353. The van der Waals surface area contributed by atoms with Gasteiger partial charge in [0, 0.05) is 37.4 Å². The molecule has 10 nitrogen and oxygen atoms in total. The van der Waals surface area contributed by atoms with Crippen LogP contribution in [0.4, 0.5) is 22.9 Å². The van der Waals surface area contributed by atoms with Gasteiger partial charge >= 0.3 is 5.97 Å². The lowest BCUT2D eigenvalue weighted by Crippen LogP contribution is -2.33. The summed E-state index contributed by atoms with van der Waals surface area (Å²) >= 11 is 0. The van der Waals surface area contributed by atoms with E-state index in [1.54, 1.807) is 30.1 Å². The summed E-state index contributed by atoms with van der Waals surface area (Å²) in [6, 6.07) is 11.9. The summed E-state index contributed by atoms with van der Waals surface area (Å²) < 4.78 is 3.48. The van der Waals surface area contributed by atoms with Gasteiger partial charge in [0.05, 0.1) is 29.4 Å². The van der Waals surface area contributed by atoms with Crippen LogP contribution < -0.4 is 4.90 Å². The maximum absolute atomic E-state index is 13.6. The highest BCUT2D eigenvalue weighted by atomic mass is 16.4. The molecule has 4 rings (SSSR count). The van der Waals surface area contributed by atoms with Crippen LogP contribution in [0.3, 0.4) is 0 Å². The second-order valence-electron chi connectivity index (χ2n) is 8.64. The maximum atomic E-state index is 13.6. The van der Waals surface area contributed by atoms with Gasteiger partial charge in [-0.3, -0.25) is 9.48 Å². The molecule has 1 amide bonds. The Morgan fingerprint density at radius 2 is 1.86 bits per heavy atom. The van der Waals surface area contributed by atoms with Gasteiger partial charge in [-0.05, 0) is 43.7 Å². The quantitative estimate of drug-likeness (QED) is 0.226.